The number of benzene rings is 1. The molecule has 0 aliphatic carbocycles. The quantitative estimate of drug-likeness (QED) is 0.893. The van der Waals surface area contributed by atoms with Gasteiger partial charge in [-0.05, 0) is 31.0 Å². The fourth-order valence-corrected chi connectivity index (χ4v) is 2.68. The van der Waals surface area contributed by atoms with E-state index in [4.69, 9.17) is 4.74 Å². The van der Waals surface area contributed by atoms with Crippen LogP contribution in [0.2, 0.25) is 0 Å². The van der Waals surface area contributed by atoms with Gasteiger partial charge in [0.1, 0.15) is 5.75 Å². The minimum atomic E-state index is 0.619. The summed E-state index contributed by atoms with van der Waals surface area (Å²) in [5.74, 6) is 0.860. The van der Waals surface area contributed by atoms with Crippen molar-refractivity contribution in [3.05, 3.63) is 23.8 Å². The first-order chi connectivity index (χ1) is 8.22. The molecule has 1 aliphatic rings. The summed E-state index contributed by atoms with van der Waals surface area (Å²) in [6, 6.07) is 6.11. The predicted molar refractivity (Wildman–Crippen MR) is 75.3 cm³/mol. The van der Waals surface area contributed by atoms with E-state index in [9.17, 15) is 0 Å². The zero-order valence-corrected chi connectivity index (χ0v) is 11.3. The number of ether oxygens (including phenoxy) is 1. The molecule has 0 aromatic heterocycles. The van der Waals surface area contributed by atoms with Crippen molar-refractivity contribution in [2.45, 2.75) is 25.5 Å². The minimum absolute atomic E-state index is 0.619. The molecule has 1 aromatic rings. The van der Waals surface area contributed by atoms with Crippen LogP contribution in [0.4, 0.5) is 5.69 Å². The molecule has 1 unspecified atom stereocenters. The summed E-state index contributed by atoms with van der Waals surface area (Å²) >= 11 is 1.81. The number of hydrogen-bond donors (Lipinski definition) is 1. The number of methoxy groups -OCH3 is 1. The Morgan fingerprint density at radius 3 is 3.00 bits per heavy atom. The van der Waals surface area contributed by atoms with Crippen LogP contribution < -0.4 is 10.1 Å². The summed E-state index contributed by atoms with van der Waals surface area (Å²) in [6.45, 7) is 5.18. The molecule has 0 radical (unpaired) electrons. The SMILES string of the molecule is CCC1CN=C(Nc2cc(C)ccc2OC)S1. The number of amidine groups is 1. The molecule has 1 atom stereocenters. The van der Waals surface area contributed by atoms with Crippen molar-refractivity contribution in [3.63, 3.8) is 0 Å². The van der Waals surface area contributed by atoms with Gasteiger partial charge in [-0.1, -0.05) is 24.8 Å². The van der Waals surface area contributed by atoms with Crippen LogP contribution in [0, 0.1) is 6.92 Å². The lowest BCUT2D eigenvalue weighted by Crippen LogP contribution is -2.08. The molecule has 4 heteroatoms. The first-order valence-electron chi connectivity index (χ1n) is 5.85. The zero-order valence-electron chi connectivity index (χ0n) is 10.5. The second-order valence-electron chi connectivity index (χ2n) is 4.12. The Labute approximate surface area is 107 Å². The highest BCUT2D eigenvalue weighted by Gasteiger charge is 2.18. The van der Waals surface area contributed by atoms with Gasteiger partial charge in [-0.3, -0.25) is 4.99 Å². The van der Waals surface area contributed by atoms with E-state index in [0.29, 0.717) is 5.25 Å². The molecule has 17 heavy (non-hydrogen) atoms. The number of anilines is 1. The number of thioether (sulfide) groups is 1. The lowest BCUT2D eigenvalue weighted by molar-refractivity contribution is 0.417. The van der Waals surface area contributed by atoms with Crippen LogP contribution >= 0.6 is 11.8 Å². The summed E-state index contributed by atoms with van der Waals surface area (Å²) in [6.07, 6.45) is 1.16. The zero-order chi connectivity index (χ0) is 12.3. The van der Waals surface area contributed by atoms with Gasteiger partial charge in [-0.25, -0.2) is 0 Å². The maximum Gasteiger partial charge on any atom is 0.161 e. The van der Waals surface area contributed by atoms with Gasteiger partial charge in [0.15, 0.2) is 5.17 Å². The van der Waals surface area contributed by atoms with E-state index in [0.717, 1.165) is 29.6 Å². The van der Waals surface area contributed by atoms with Crippen molar-refractivity contribution < 1.29 is 4.74 Å². The standard InChI is InChI=1S/C13H18N2OS/c1-4-10-8-14-13(17-10)15-11-7-9(2)5-6-12(11)16-3/h5-7,10H,4,8H2,1-3H3,(H,14,15). The van der Waals surface area contributed by atoms with Gasteiger partial charge in [0, 0.05) is 5.25 Å². The molecule has 1 aliphatic heterocycles. The van der Waals surface area contributed by atoms with Crippen molar-refractivity contribution in [1.82, 2.24) is 0 Å². The van der Waals surface area contributed by atoms with Crippen LogP contribution in [0.1, 0.15) is 18.9 Å². The van der Waals surface area contributed by atoms with Crippen molar-refractivity contribution in [3.8, 4) is 5.75 Å². The third-order valence-corrected chi connectivity index (χ3v) is 4.04. The monoisotopic (exact) mass is 250 g/mol. The highest BCUT2D eigenvalue weighted by molar-refractivity contribution is 8.15. The molecule has 0 saturated heterocycles. The normalized spacial score (nSPS) is 19.0. The summed E-state index contributed by atoms with van der Waals surface area (Å²) in [5, 5.41) is 4.97. The number of aliphatic imine (C=N–C) groups is 1. The highest BCUT2D eigenvalue weighted by Crippen LogP contribution is 2.29. The van der Waals surface area contributed by atoms with Gasteiger partial charge in [0.2, 0.25) is 0 Å². The maximum atomic E-state index is 5.34. The number of nitrogens with zero attached hydrogens (tertiary/aromatic N) is 1. The average Bonchev–Trinajstić information content (AvgIpc) is 2.77. The van der Waals surface area contributed by atoms with Gasteiger partial charge >= 0.3 is 0 Å². The molecule has 2 rings (SSSR count). The van der Waals surface area contributed by atoms with E-state index in [1.165, 1.54) is 5.56 Å². The number of nitrogens with one attached hydrogen (secondary N) is 1. The Morgan fingerprint density at radius 1 is 1.53 bits per heavy atom. The van der Waals surface area contributed by atoms with Crippen molar-refractivity contribution in [1.29, 1.82) is 0 Å². The van der Waals surface area contributed by atoms with Crippen LogP contribution in [0.25, 0.3) is 0 Å². The number of aryl methyl sites for hydroxylation is 1. The largest absolute Gasteiger partial charge is 0.495 e. The van der Waals surface area contributed by atoms with E-state index in [-0.39, 0.29) is 0 Å². The van der Waals surface area contributed by atoms with Crippen molar-refractivity contribution in [2.75, 3.05) is 19.0 Å². The summed E-state index contributed by atoms with van der Waals surface area (Å²) in [4.78, 5) is 4.50. The van der Waals surface area contributed by atoms with E-state index in [2.05, 4.69) is 30.2 Å². The molecule has 1 aromatic carbocycles. The third kappa shape index (κ3) is 2.94. The Balaban J connectivity index is 2.11. The van der Waals surface area contributed by atoms with Crippen LogP contribution in [0.15, 0.2) is 23.2 Å². The van der Waals surface area contributed by atoms with E-state index in [1.54, 1.807) is 7.11 Å². The predicted octanol–water partition coefficient (Wildman–Crippen LogP) is 3.30. The lowest BCUT2D eigenvalue weighted by Gasteiger charge is -2.11. The first-order valence-corrected chi connectivity index (χ1v) is 6.73. The molecule has 1 N–H and O–H groups in total. The van der Waals surface area contributed by atoms with E-state index in [1.807, 2.05) is 23.9 Å². The second-order valence-corrected chi connectivity index (χ2v) is 5.41. The van der Waals surface area contributed by atoms with Crippen LogP contribution in [0.5, 0.6) is 5.75 Å². The third-order valence-electron chi connectivity index (χ3n) is 2.77. The summed E-state index contributed by atoms with van der Waals surface area (Å²) in [7, 11) is 1.69. The van der Waals surface area contributed by atoms with Gasteiger partial charge in [0.05, 0.1) is 19.3 Å². The molecule has 0 amide bonds. The van der Waals surface area contributed by atoms with Gasteiger partial charge in [0.25, 0.3) is 0 Å². The molecule has 0 spiro atoms. The maximum absolute atomic E-state index is 5.34. The van der Waals surface area contributed by atoms with Crippen molar-refractivity contribution >= 4 is 22.6 Å². The molecular weight excluding hydrogens is 232 g/mol. The highest BCUT2D eigenvalue weighted by atomic mass is 32.2. The molecule has 0 fully saturated rings. The fourth-order valence-electron chi connectivity index (χ4n) is 1.73. The van der Waals surface area contributed by atoms with Crippen LogP contribution in [0.3, 0.4) is 0 Å². The molecule has 1 heterocycles. The number of hydrogen-bond acceptors (Lipinski definition) is 4. The molecule has 3 nitrogen and oxygen atoms in total. The Morgan fingerprint density at radius 2 is 2.35 bits per heavy atom. The van der Waals surface area contributed by atoms with E-state index >= 15 is 0 Å². The lowest BCUT2D eigenvalue weighted by atomic mass is 10.2. The second kappa shape index (κ2) is 5.45. The fraction of sp³-hybridized carbons (Fsp3) is 0.462. The molecule has 92 valence electrons. The smallest absolute Gasteiger partial charge is 0.161 e. The first kappa shape index (κ1) is 12.3. The van der Waals surface area contributed by atoms with Gasteiger partial charge < -0.3 is 10.1 Å². The van der Waals surface area contributed by atoms with Gasteiger partial charge in [-0.15, -0.1) is 0 Å². The van der Waals surface area contributed by atoms with E-state index < -0.39 is 0 Å². The minimum Gasteiger partial charge on any atom is -0.495 e. The topological polar surface area (TPSA) is 33.6 Å². The Bertz CT molecular complexity index is 431. The Hall–Kier alpha value is -1.16. The Kier molecular flexibility index (Phi) is 3.94. The number of rotatable bonds is 3. The van der Waals surface area contributed by atoms with Crippen LogP contribution in [-0.2, 0) is 0 Å². The molecule has 0 saturated carbocycles. The van der Waals surface area contributed by atoms with Crippen molar-refractivity contribution in [2.24, 2.45) is 4.99 Å². The summed E-state index contributed by atoms with van der Waals surface area (Å²) in [5.41, 5.74) is 2.21. The summed E-state index contributed by atoms with van der Waals surface area (Å²) < 4.78 is 5.34. The van der Waals surface area contributed by atoms with Gasteiger partial charge in [-0.2, -0.15) is 0 Å². The average molecular weight is 250 g/mol. The molecule has 0 bridgehead atoms. The molecular formula is C13H18N2OS. The van der Waals surface area contributed by atoms with Crippen LogP contribution in [-0.4, -0.2) is 24.1 Å².